The molecule has 0 spiro atoms. The van der Waals surface area contributed by atoms with Crippen molar-refractivity contribution in [2.45, 2.75) is 39.7 Å². The molecule has 0 amide bonds. The first-order valence-electron chi connectivity index (χ1n) is 6.02. The predicted octanol–water partition coefficient (Wildman–Crippen LogP) is 2.84. The van der Waals surface area contributed by atoms with Crippen LogP contribution in [0.4, 0.5) is 8.78 Å². The lowest BCUT2D eigenvalue weighted by Gasteiger charge is -2.24. The molecule has 1 atom stereocenters. The summed E-state index contributed by atoms with van der Waals surface area (Å²) in [5.74, 6) is -5.66. The number of halogens is 2. The van der Waals surface area contributed by atoms with E-state index in [0.717, 1.165) is 5.56 Å². The van der Waals surface area contributed by atoms with Crippen LogP contribution in [0.5, 0.6) is 0 Å². The molecule has 0 bridgehead atoms. The van der Waals surface area contributed by atoms with Gasteiger partial charge < -0.3 is 9.84 Å². The molecule has 0 heterocycles. The standard InChI is InChI=1S/C14H18F2O3/c1-5-19-13(18)14(15,16)12(17)11-9(3)6-8(2)7-10(11)4/h6-7,12,17H,5H2,1-4H3. The Hall–Kier alpha value is -1.49. The number of aliphatic hydroxyl groups is 1. The lowest BCUT2D eigenvalue weighted by atomic mass is 9.92. The average Bonchev–Trinajstić information content (AvgIpc) is 2.27. The highest BCUT2D eigenvalue weighted by Gasteiger charge is 2.49. The van der Waals surface area contributed by atoms with Crippen LogP contribution in [0.15, 0.2) is 12.1 Å². The zero-order valence-electron chi connectivity index (χ0n) is 11.5. The number of aryl methyl sites for hydroxylation is 3. The zero-order valence-corrected chi connectivity index (χ0v) is 11.5. The summed E-state index contributed by atoms with van der Waals surface area (Å²) < 4.78 is 31.9. The molecule has 0 saturated carbocycles. The number of carbonyl (C=O) groups excluding carboxylic acids is 1. The Morgan fingerprint density at radius 3 is 2.21 bits per heavy atom. The minimum absolute atomic E-state index is 0.0728. The summed E-state index contributed by atoms with van der Waals surface area (Å²) >= 11 is 0. The molecular weight excluding hydrogens is 254 g/mol. The lowest BCUT2D eigenvalue weighted by molar-refractivity contribution is -0.189. The Morgan fingerprint density at radius 1 is 1.32 bits per heavy atom. The van der Waals surface area contributed by atoms with Crippen molar-refractivity contribution in [2.24, 2.45) is 0 Å². The van der Waals surface area contributed by atoms with Crippen LogP contribution in [0.25, 0.3) is 0 Å². The van der Waals surface area contributed by atoms with Crippen molar-refractivity contribution in [3.8, 4) is 0 Å². The Morgan fingerprint density at radius 2 is 1.79 bits per heavy atom. The molecule has 1 unspecified atom stereocenters. The second-order valence-corrected chi connectivity index (χ2v) is 4.56. The number of carbonyl (C=O) groups is 1. The highest BCUT2D eigenvalue weighted by Crippen LogP contribution is 2.36. The van der Waals surface area contributed by atoms with Crippen molar-refractivity contribution in [3.63, 3.8) is 0 Å². The summed E-state index contributed by atoms with van der Waals surface area (Å²) in [6.45, 7) is 6.36. The van der Waals surface area contributed by atoms with Crippen LogP contribution >= 0.6 is 0 Å². The molecule has 5 heteroatoms. The SMILES string of the molecule is CCOC(=O)C(F)(F)C(O)c1c(C)cc(C)cc1C. The number of hydrogen-bond donors (Lipinski definition) is 1. The van der Waals surface area contributed by atoms with Crippen LogP contribution in [0.3, 0.4) is 0 Å². The molecule has 0 aliphatic heterocycles. The monoisotopic (exact) mass is 272 g/mol. The normalized spacial score (nSPS) is 13.2. The van der Waals surface area contributed by atoms with Gasteiger partial charge in [-0.25, -0.2) is 4.79 Å². The van der Waals surface area contributed by atoms with Gasteiger partial charge in [-0.3, -0.25) is 0 Å². The van der Waals surface area contributed by atoms with E-state index in [1.165, 1.54) is 6.92 Å². The number of rotatable bonds is 4. The fraction of sp³-hybridized carbons (Fsp3) is 0.500. The summed E-state index contributed by atoms with van der Waals surface area (Å²) in [5.41, 5.74) is 2.03. The van der Waals surface area contributed by atoms with Gasteiger partial charge in [-0.1, -0.05) is 17.7 Å². The number of benzene rings is 1. The number of aliphatic hydroxyl groups excluding tert-OH is 1. The molecule has 0 aliphatic rings. The molecule has 0 aliphatic carbocycles. The fourth-order valence-electron chi connectivity index (χ4n) is 2.14. The van der Waals surface area contributed by atoms with E-state index in [1.54, 1.807) is 26.0 Å². The van der Waals surface area contributed by atoms with E-state index in [2.05, 4.69) is 4.74 Å². The molecule has 1 rings (SSSR count). The average molecular weight is 272 g/mol. The van der Waals surface area contributed by atoms with Gasteiger partial charge in [0.1, 0.15) is 0 Å². The van der Waals surface area contributed by atoms with E-state index in [4.69, 9.17) is 0 Å². The smallest absolute Gasteiger partial charge is 0.380 e. The summed E-state index contributed by atoms with van der Waals surface area (Å²) in [6, 6.07) is 3.37. The Labute approximate surface area is 111 Å². The predicted molar refractivity (Wildman–Crippen MR) is 67.2 cm³/mol. The maximum absolute atomic E-state index is 13.8. The van der Waals surface area contributed by atoms with Gasteiger partial charge in [0, 0.05) is 0 Å². The van der Waals surface area contributed by atoms with Crippen molar-refractivity contribution in [1.29, 1.82) is 0 Å². The topological polar surface area (TPSA) is 46.5 Å². The molecule has 0 aromatic heterocycles. The summed E-state index contributed by atoms with van der Waals surface area (Å²) in [4.78, 5) is 11.2. The highest BCUT2D eigenvalue weighted by atomic mass is 19.3. The number of ether oxygens (including phenoxy) is 1. The van der Waals surface area contributed by atoms with E-state index in [1.807, 2.05) is 6.92 Å². The van der Waals surface area contributed by atoms with Crippen LogP contribution in [-0.4, -0.2) is 23.6 Å². The molecule has 0 fully saturated rings. The number of hydrogen-bond acceptors (Lipinski definition) is 3. The van der Waals surface area contributed by atoms with Gasteiger partial charge in [-0.2, -0.15) is 8.78 Å². The second-order valence-electron chi connectivity index (χ2n) is 4.56. The zero-order chi connectivity index (χ0) is 14.8. The van der Waals surface area contributed by atoms with E-state index in [9.17, 15) is 18.7 Å². The Balaban J connectivity index is 3.19. The maximum Gasteiger partial charge on any atom is 0.380 e. The molecule has 3 nitrogen and oxygen atoms in total. The molecule has 1 aromatic rings. The van der Waals surface area contributed by atoms with Crippen LogP contribution in [0, 0.1) is 20.8 Å². The van der Waals surface area contributed by atoms with Crippen LogP contribution in [-0.2, 0) is 9.53 Å². The Bertz CT molecular complexity index is 461. The third kappa shape index (κ3) is 3.10. The largest absolute Gasteiger partial charge is 0.461 e. The van der Waals surface area contributed by atoms with Crippen molar-refractivity contribution < 1.29 is 23.4 Å². The third-order valence-corrected chi connectivity index (χ3v) is 2.90. The molecule has 1 N–H and O–H groups in total. The van der Waals surface area contributed by atoms with Crippen molar-refractivity contribution >= 4 is 5.97 Å². The molecule has 1 aromatic carbocycles. The fourth-order valence-corrected chi connectivity index (χ4v) is 2.14. The molecule has 19 heavy (non-hydrogen) atoms. The minimum atomic E-state index is -3.96. The van der Waals surface area contributed by atoms with Gasteiger partial charge in [0.05, 0.1) is 6.61 Å². The van der Waals surface area contributed by atoms with E-state index < -0.39 is 18.0 Å². The van der Waals surface area contributed by atoms with E-state index in [0.29, 0.717) is 11.1 Å². The van der Waals surface area contributed by atoms with Crippen LogP contribution < -0.4 is 0 Å². The maximum atomic E-state index is 13.8. The summed E-state index contributed by atoms with van der Waals surface area (Å²) in [5, 5.41) is 9.85. The highest BCUT2D eigenvalue weighted by molar-refractivity contribution is 5.78. The molecule has 0 radical (unpaired) electrons. The Kier molecular flexibility index (Phi) is 4.63. The first-order chi connectivity index (χ1) is 8.71. The number of esters is 1. The molecule has 106 valence electrons. The molecule has 0 saturated heterocycles. The van der Waals surface area contributed by atoms with E-state index >= 15 is 0 Å². The van der Waals surface area contributed by atoms with E-state index in [-0.39, 0.29) is 12.2 Å². The lowest BCUT2D eigenvalue weighted by Crippen LogP contribution is -2.38. The summed E-state index contributed by atoms with van der Waals surface area (Å²) in [7, 11) is 0. The van der Waals surface area contributed by atoms with Gasteiger partial charge in [0.25, 0.3) is 0 Å². The van der Waals surface area contributed by atoms with Gasteiger partial charge in [-0.15, -0.1) is 0 Å². The number of alkyl halides is 2. The minimum Gasteiger partial charge on any atom is -0.461 e. The molecular formula is C14H18F2O3. The van der Waals surface area contributed by atoms with Crippen LogP contribution in [0.1, 0.15) is 35.3 Å². The van der Waals surface area contributed by atoms with Gasteiger partial charge in [0.2, 0.25) is 0 Å². The van der Waals surface area contributed by atoms with Crippen LogP contribution in [0.2, 0.25) is 0 Å². The first kappa shape index (κ1) is 15.6. The quantitative estimate of drug-likeness (QED) is 0.857. The van der Waals surface area contributed by atoms with Crippen molar-refractivity contribution in [2.75, 3.05) is 6.61 Å². The van der Waals surface area contributed by atoms with Gasteiger partial charge in [0.15, 0.2) is 6.10 Å². The van der Waals surface area contributed by atoms with Gasteiger partial charge >= 0.3 is 11.9 Å². The van der Waals surface area contributed by atoms with Crippen molar-refractivity contribution in [3.05, 3.63) is 34.4 Å². The second kappa shape index (κ2) is 5.65. The van der Waals surface area contributed by atoms with Gasteiger partial charge in [-0.05, 0) is 44.4 Å². The summed E-state index contributed by atoms with van der Waals surface area (Å²) in [6.07, 6.45) is -2.20. The van der Waals surface area contributed by atoms with Crippen molar-refractivity contribution in [1.82, 2.24) is 0 Å². The third-order valence-electron chi connectivity index (χ3n) is 2.90. The first-order valence-corrected chi connectivity index (χ1v) is 6.02.